The predicted molar refractivity (Wildman–Crippen MR) is 109 cm³/mol. The van der Waals surface area contributed by atoms with Gasteiger partial charge in [0.1, 0.15) is 5.82 Å². The van der Waals surface area contributed by atoms with Crippen LogP contribution in [0.15, 0.2) is 78.4 Å². The first-order chi connectivity index (χ1) is 13.7. The molecule has 7 heteroatoms. The van der Waals surface area contributed by atoms with Crippen molar-refractivity contribution in [2.24, 2.45) is 0 Å². The Morgan fingerprint density at radius 3 is 2.46 bits per heavy atom. The molecule has 0 spiro atoms. The third-order valence-corrected chi connectivity index (χ3v) is 4.72. The standard InChI is InChI=1S/C21H15FN4OS/c22-16-3-1-2-15(12-16)20(27)24-17-4-6-18(7-5-17)25-21-26-19(13-28-21)14-8-10-23-11-9-14/h1-13H,(H,24,27)(H,25,26). The number of thiazole rings is 1. The van der Waals surface area contributed by atoms with Crippen LogP contribution < -0.4 is 10.6 Å². The molecule has 4 rings (SSSR count). The molecule has 0 atom stereocenters. The van der Waals surface area contributed by atoms with Crippen LogP contribution in [0.1, 0.15) is 10.4 Å². The average molecular weight is 390 g/mol. The van der Waals surface area contributed by atoms with Crippen LogP contribution in [0.2, 0.25) is 0 Å². The van der Waals surface area contributed by atoms with Crippen molar-refractivity contribution >= 4 is 33.8 Å². The number of benzene rings is 2. The quantitative estimate of drug-likeness (QED) is 0.483. The van der Waals surface area contributed by atoms with E-state index in [1.807, 2.05) is 29.6 Å². The van der Waals surface area contributed by atoms with Crippen molar-refractivity contribution in [3.8, 4) is 11.3 Å². The molecule has 28 heavy (non-hydrogen) atoms. The van der Waals surface area contributed by atoms with Gasteiger partial charge < -0.3 is 10.6 Å². The molecule has 0 aliphatic heterocycles. The summed E-state index contributed by atoms with van der Waals surface area (Å²) in [5.74, 6) is -0.802. The average Bonchev–Trinajstić information content (AvgIpc) is 3.19. The Bertz CT molecular complexity index is 1100. The van der Waals surface area contributed by atoms with Crippen molar-refractivity contribution in [1.29, 1.82) is 0 Å². The van der Waals surface area contributed by atoms with Crippen molar-refractivity contribution in [2.75, 3.05) is 10.6 Å². The smallest absolute Gasteiger partial charge is 0.255 e. The maximum atomic E-state index is 13.2. The number of anilines is 3. The lowest BCUT2D eigenvalue weighted by molar-refractivity contribution is 0.102. The van der Waals surface area contributed by atoms with Gasteiger partial charge in [0.2, 0.25) is 0 Å². The third kappa shape index (κ3) is 4.21. The summed E-state index contributed by atoms with van der Waals surface area (Å²) in [5.41, 5.74) is 3.63. The molecule has 4 aromatic rings. The van der Waals surface area contributed by atoms with E-state index in [-0.39, 0.29) is 11.5 Å². The van der Waals surface area contributed by atoms with Crippen LogP contribution in [0.3, 0.4) is 0 Å². The first kappa shape index (κ1) is 17.8. The number of nitrogens with one attached hydrogen (secondary N) is 2. The fourth-order valence-corrected chi connectivity index (χ4v) is 3.32. The van der Waals surface area contributed by atoms with Crippen molar-refractivity contribution in [3.05, 3.63) is 89.8 Å². The zero-order valence-electron chi connectivity index (χ0n) is 14.6. The lowest BCUT2D eigenvalue weighted by Crippen LogP contribution is -2.11. The molecule has 0 bridgehead atoms. The van der Waals surface area contributed by atoms with Crippen LogP contribution in [0.5, 0.6) is 0 Å². The lowest BCUT2D eigenvalue weighted by Gasteiger charge is -2.07. The second-order valence-corrected chi connectivity index (χ2v) is 6.80. The van der Waals surface area contributed by atoms with E-state index in [0.29, 0.717) is 5.69 Å². The molecule has 0 saturated carbocycles. The van der Waals surface area contributed by atoms with Crippen LogP contribution in [-0.2, 0) is 0 Å². The Kier molecular flexibility index (Phi) is 5.07. The van der Waals surface area contributed by atoms with E-state index in [9.17, 15) is 9.18 Å². The fourth-order valence-electron chi connectivity index (χ4n) is 2.58. The number of rotatable bonds is 5. The highest BCUT2D eigenvalue weighted by atomic mass is 32.1. The number of hydrogen-bond acceptors (Lipinski definition) is 5. The van der Waals surface area contributed by atoms with E-state index >= 15 is 0 Å². The predicted octanol–water partition coefficient (Wildman–Crippen LogP) is 5.34. The van der Waals surface area contributed by atoms with E-state index in [4.69, 9.17) is 0 Å². The number of carbonyl (C=O) groups excluding carboxylic acids is 1. The van der Waals surface area contributed by atoms with Gasteiger partial charge in [-0.05, 0) is 54.6 Å². The molecular formula is C21H15FN4OS. The van der Waals surface area contributed by atoms with Gasteiger partial charge in [-0.2, -0.15) is 0 Å². The number of aromatic nitrogens is 2. The van der Waals surface area contributed by atoms with Gasteiger partial charge >= 0.3 is 0 Å². The molecule has 2 N–H and O–H groups in total. The number of carbonyl (C=O) groups is 1. The molecule has 5 nitrogen and oxygen atoms in total. The van der Waals surface area contributed by atoms with E-state index in [1.54, 1.807) is 30.6 Å². The number of hydrogen-bond donors (Lipinski definition) is 2. The summed E-state index contributed by atoms with van der Waals surface area (Å²) < 4.78 is 13.2. The monoisotopic (exact) mass is 390 g/mol. The summed E-state index contributed by atoms with van der Waals surface area (Å²) in [6.45, 7) is 0. The molecule has 2 aromatic heterocycles. The van der Waals surface area contributed by atoms with E-state index in [0.717, 1.165) is 22.1 Å². The molecule has 0 aliphatic rings. The molecule has 0 saturated heterocycles. The van der Waals surface area contributed by atoms with Gasteiger partial charge in [-0.25, -0.2) is 9.37 Å². The molecule has 0 fully saturated rings. The highest BCUT2D eigenvalue weighted by molar-refractivity contribution is 7.14. The Morgan fingerprint density at radius 1 is 0.964 bits per heavy atom. The minimum atomic E-state index is -0.443. The summed E-state index contributed by atoms with van der Waals surface area (Å²) in [7, 11) is 0. The SMILES string of the molecule is O=C(Nc1ccc(Nc2nc(-c3ccncc3)cs2)cc1)c1cccc(F)c1. The molecule has 0 aliphatic carbocycles. The normalized spacial score (nSPS) is 10.5. The first-order valence-electron chi connectivity index (χ1n) is 8.47. The van der Waals surface area contributed by atoms with Crippen molar-refractivity contribution < 1.29 is 9.18 Å². The zero-order valence-corrected chi connectivity index (χ0v) is 15.4. The van der Waals surface area contributed by atoms with Gasteiger partial charge in [0.05, 0.1) is 5.69 Å². The van der Waals surface area contributed by atoms with Crippen LogP contribution in [0.25, 0.3) is 11.3 Å². The third-order valence-electron chi connectivity index (χ3n) is 3.96. The summed E-state index contributed by atoms with van der Waals surface area (Å²) >= 11 is 1.50. The Morgan fingerprint density at radius 2 is 1.71 bits per heavy atom. The number of pyridine rings is 1. The summed E-state index contributed by atoms with van der Waals surface area (Å²) in [5, 5.41) is 8.74. The highest BCUT2D eigenvalue weighted by Crippen LogP contribution is 2.27. The number of amides is 1. The van der Waals surface area contributed by atoms with E-state index < -0.39 is 5.82 Å². The van der Waals surface area contributed by atoms with E-state index in [1.165, 1.54) is 29.5 Å². The highest BCUT2D eigenvalue weighted by Gasteiger charge is 2.08. The molecule has 138 valence electrons. The second kappa shape index (κ2) is 7.98. The Balaban J connectivity index is 1.41. The zero-order chi connectivity index (χ0) is 19.3. The maximum Gasteiger partial charge on any atom is 0.255 e. The topological polar surface area (TPSA) is 66.9 Å². The molecule has 2 heterocycles. The molecule has 2 aromatic carbocycles. The maximum absolute atomic E-state index is 13.2. The lowest BCUT2D eigenvalue weighted by atomic mass is 10.2. The van der Waals surface area contributed by atoms with Gasteiger partial charge in [-0.3, -0.25) is 9.78 Å². The van der Waals surface area contributed by atoms with Crippen LogP contribution in [-0.4, -0.2) is 15.9 Å². The molecule has 0 radical (unpaired) electrons. The first-order valence-corrected chi connectivity index (χ1v) is 9.35. The minimum absolute atomic E-state index is 0.272. The van der Waals surface area contributed by atoms with Crippen LogP contribution in [0, 0.1) is 5.82 Å². The minimum Gasteiger partial charge on any atom is -0.332 e. The molecular weight excluding hydrogens is 375 g/mol. The van der Waals surface area contributed by atoms with Crippen LogP contribution >= 0.6 is 11.3 Å². The molecule has 1 amide bonds. The van der Waals surface area contributed by atoms with Crippen molar-refractivity contribution in [1.82, 2.24) is 9.97 Å². The van der Waals surface area contributed by atoms with Crippen molar-refractivity contribution in [2.45, 2.75) is 0 Å². The summed E-state index contributed by atoms with van der Waals surface area (Å²) in [6.07, 6.45) is 3.47. The Hall–Kier alpha value is -3.58. The fraction of sp³-hybridized carbons (Fsp3) is 0. The van der Waals surface area contributed by atoms with Crippen molar-refractivity contribution in [3.63, 3.8) is 0 Å². The van der Waals surface area contributed by atoms with E-state index in [2.05, 4.69) is 20.6 Å². The van der Waals surface area contributed by atoms with Gasteiger partial charge in [0.15, 0.2) is 5.13 Å². The largest absolute Gasteiger partial charge is 0.332 e. The summed E-state index contributed by atoms with van der Waals surface area (Å²) in [4.78, 5) is 20.8. The Labute approximate surface area is 164 Å². The van der Waals surface area contributed by atoms with Gasteiger partial charge in [0.25, 0.3) is 5.91 Å². The second-order valence-electron chi connectivity index (χ2n) is 5.94. The number of nitrogens with zero attached hydrogens (tertiary/aromatic N) is 2. The van der Waals surface area contributed by atoms with Gasteiger partial charge in [-0.15, -0.1) is 11.3 Å². The van der Waals surface area contributed by atoms with Gasteiger partial charge in [-0.1, -0.05) is 6.07 Å². The summed E-state index contributed by atoms with van der Waals surface area (Å²) in [6, 6.07) is 16.6. The number of halogens is 1. The van der Waals surface area contributed by atoms with Crippen LogP contribution in [0.4, 0.5) is 20.9 Å². The molecule has 0 unspecified atom stereocenters. The van der Waals surface area contributed by atoms with Gasteiger partial charge in [0, 0.05) is 40.3 Å².